The number of halogens is 2. The van der Waals surface area contributed by atoms with Crippen molar-refractivity contribution in [3.05, 3.63) is 29.8 Å². The standard InChI is InChI=1S/C12H15F2NO4S/c1-3-12(2,11(16)17)7-15-20(18,19)8-4-5-9(13)10(14)6-8/h4-6,15H,3,7H2,1-2H3,(H,16,17). The molecule has 0 aliphatic rings. The molecule has 0 radical (unpaired) electrons. The van der Waals surface area contributed by atoms with Crippen LogP contribution in [-0.4, -0.2) is 26.0 Å². The second-order valence-corrected chi connectivity index (χ2v) is 6.39. The van der Waals surface area contributed by atoms with E-state index in [1.165, 1.54) is 6.92 Å². The van der Waals surface area contributed by atoms with E-state index in [1.807, 2.05) is 0 Å². The Bertz CT molecular complexity index is 618. The number of aliphatic carboxylic acids is 1. The van der Waals surface area contributed by atoms with Crippen molar-refractivity contribution in [1.82, 2.24) is 4.72 Å². The Hall–Kier alpha value is -1.54. The van der Waals surface area contributed by atoms with Crippen LogP contribution in [0.25, 0.3) is 0 Å². The van der Waals surface area contributed by atoms with Crippen LogP contribution in [0.3, 0.4) is 0 Å². The number of sulfonamides is 1. The third-order valence-corrected chi connectivity index (χ3v) is 4.55. The first-order valence-electron chi connectivity index (χ1n) is 5.80. The van der Waals surface area contributed by atoms with E-state index in [-0.39, 0.29) is 13.0 Å². The molecule has 0 aromatic heterocycles. The second kappa shape index (κ2) is 5.84. The molecule has 0 bridgehead atoms. The van der Waals surface area contributed by atoms with Gasteiger partial charge in [0.1, 0.15) is 0 Å². The number of nitrogens with one attached hydrogen (secondary N) is 1. The van der Waals surface area contributed by atoms with Crippen LogP contribution < -0.4 is 4.72 Å². The van der Waals surface area contributed by atoms with E-state index in [2.05, 4.69) is 4.72 Å². The summed E-state index contributed by atoms with van der Waals surface area (Å²) in [5, 5.41) is 9.04. The molecule has 8 heteroatoms. The molecule has 0 saturated carbocycles. The maximum absolute atomic E-state index is 13.0. The van der Waals surface area contributed by atoms with Crippen LogP contribution in [0.1, 0.15) is 20.3 Å². The predicted octanol–water partition coefficient (Wildman–Crippen LogP) is 1.74. The molecule has 20 heavy (non-hydrogen) atoms. The molecule has 2 N–H and O–H groups in total. The Balaban J connectivity index is 2.96. The Kier molecular flexibility index (Phi) is 4.82. The number of carbonyl (C=O) groups is 1. The summed E-state index contributed by atoms with van der Waals surface area (Å²) in [6.07, 6.45) is 0.211. The van der Waals surface area contributed by atoms with Crippen LogP contribution in [0.5, 0.6) is 0 Å². The van der Waals surface area contributed by atoms with E-state index in [1.54, 1.807) is 6.92 Å². The Labute approximate surface area is 115 Å². The highest BCUT2D eigenvalue weighted by Crippen LogP contribution is 2.21. The number of carboxylic acids is 1. The van der Waals surface area contributed by atoms with Crippen LogP contribution in [0, 0.1) is 17.0 Å². The van der Waals surface area contributed by atoms with Crippen LogP contribution in [-0.2, 0) is 14.8 Å². The molecular weight excluding hydrogens is 292 g/mol. The summed E-state index contributed by atoms with van der Waals surface area (Å²) in [4.78, 5) is 10.6. The fraction of sp³-hybridized carbons (Fsp3) is 0.417. The maximum Gasteiger partial charge on any atom is 0.310 e. The highest BCUT2D eigenvalue weighted by molar-refractivity contribution is 7.89. The lowest BCUT2D eigenvalue weighted by atomic mass is 9.88. The summed E-state index contributed by atoms with van der Waals surface area (Å²) in [7, 11) is -4.10. The van der Waals surface area contributed by atoms with E-state index in [0.29, 0.717) is 12.1 Å². The fourth-order valence-corrected chi connectivity index (χ4v) is 2.51. The number of hydrogen-bond donors (Lipinski definition) is 2. The van der Waals surface area contributed by atoms with Crippen molar-refractivity contribution in [3.63, 3.8) is 0 Å². The number of rotatable bonds is 6. The summed E-state index contributed by atoms with van der Waals surface area (Å²) in [6.45, 7) is 2.66. The van der Waals surface area contributed by atoms with Gasteiger partial charge in [0.05, 0.1) is 10.3 Å². The summed E-state index contributed by atoms with van der Waals surface area (Å²) in [5.74, 6) is -3.59. The van der Waals surface area contributed by atoms with Gasteiger partial charge in [-0.2, -0.15) is 0 Å². The SMILES string of the molecule is CCC(C)(CNS(=O)(=O)c1ccc(F)c(F)c1)C(=O)O. The van der Waals surface area contributed by atoms with Gasteiger partial charge >= 0.3 is 5.97 Å². The van der Waals surface area contributed by atoms with Crippen molar-refractivity contribution in [2.75, 3.05) is 6.54 Å². The smallest absolute Gasteiger partial charge is 0.310 e. The van der Waals surface area contributed by atoms with Crippen molar-refractivity contribution in [3.8, 4) is 0 Å². The molecule has 0 saturated heterocycles. The Morgan fingerprint density at radius 1 is 1.35 bits per heavy atom. The lowest BCUT2D eigenvalue weighted by Gasteiger charge is -2.23. The van der Waals surface area contributed by atoms with E-state index >= 15 is 0 Å². The molecule has 1 atom stereocenters. The van der Waals surface area contributed by atoms with E-state index in [9.17, 15) is 22.0 Å². The molecule has 0 heterocycles. The molecule has 1 aromatic rings. The zero-order chi connectivity index (χ0) is 15.6. The van der Waals surface area contributed by atoms with Crippen LogP contribution >= 0.6 is 0 Å². The van der Waals surface area contributed by atoms with Crippen molar-refractivity contribution in [1.29, 1.82) is 0 Å². The van der Waals surface area contributed by atoms with Gasteiger partial charge in [0.25, 0.3) is 0 Å². The van der Waals surface area contributed by atoms with Crippen LogP contribution in [0.4, 0.5) is 8.78 Å². The highest BCUT2D eigenvalue weighted by Gasteiger charge is 2.32. The normalized spacial score (nSPS) is 14.8. The molecule has 1 unspecified atom stereocenters. The first kappa shape index (κ1) is 16.5. The highest BCUT2D eigenvalue weighted by atomic mass is 32.2. The minimum Gasteiger partial charge on any atom is -0.481 e. The lowest BCUT2D eigenvalue weighted by Crippen LogP contribution is -2.40. The zero-order valence-corrected chi connectivity index (χ0v) is 11.8. The van der Waals surface area contributed by atoms with Gasteiger partial charge in [0.2, 0.25) is 10.0 Å². The molecule has 0 amide bonds. The minimum absolute atomic E-state index is 0.211. The monoisotopic (exact) mass is 307 g/mol. The fourth-order valence-electron chi connectivity index (χ4n) is 1.33. The molecule has 5 nitrogen and oxygen atoms in total. The molecule has 1 rings (SSSR count). The first-order valence-corrected chi connectivity index (χ1v) is 7.29. The molecule has 0 fully saturated rings. The van der Waals surface area contributed by atoms with Crippen molar-refractivity contribution < 1.29 is 27.1 Å². The van der Waals surface area contributed by atoms with E-state index in [4.69, 9.17) is 5.11 Å². The van der Waals surface area contributed by atoms with Gasteiger partial charge < -0.3 is 5.11 Å². The predicted molar refractivity (Wildman–Crippen MR) is 67.6 cm³/mol. The number of carboxylic acid groups (broad SMARTS) is 1. The summed E-state index contributed by atoms with van der Waals surface area (Å²) >= 11 is 0. The van der Waals surface area contributed by atoms with Crippen molar-refractivity contribution in [2.24, 2.45) is 5.41 Å². The molecular formula is C12H15F2NO4S. The van der Waals surface area contributed by atoms with Gasteiger partial charge in [0, 0.05) is 6.54 Å². The van der Waals surface area contributed by atoms with Crippen molar-refractivity contribution in [2.45, 2.75) is 25.2 Å². The average Bonchev–Trinajstić information content (AvgIpc) is 2.38. The quantitative estimate of drug-likeness (QED) is 0.838. The molecule has 0 aliphatic carbocycles. The van der Waals surface area contributed by atoms with E-state index < -0.39 is 37.9 Å². The Morgan fingerprint density at radius 2 is 1.95 bits per heavy atom. The number of benzene rings is 1. The van der Waals surface area contributed by atoms with Gasteiger partial charge in [-0.3, -0.25) is 4.79 Å². The van der Waals surface area contributed by atoms with Gasteiger partial charge in [-0.05, 0) is 31.5 Å². The van der Waals surface area contributed by atoms with Crippen molar-refractivity contribution >= 4 is 16.0 Å². The molecule has 0 aliphatic heterocycles. The summed E-state index contributed by atoms with van der Waals surface area (Å²) < 4.78 is 51.6. The van der Waals surface area contributed by atoms with Crippen LogP contribution in [0.15, 0.2) is 23.1 Å². The average molecular weight is 307 g/mol. The lowest BCUT2D eigenvalue weighted by molar-refractivity contribution is -0.147. The van der Waals surface area contributed by atoms with Gasteiger partial charge in [-0.1, -0.05) is 6.92 Å². The van der Waals surface area contributed by atoms with E-state index in [0.717, 1.165) is 6.07 Å². The number of hydrogen-bond acceptors (Lipinski definition) is 3. The van der Waals surface area contributed by atoms with Gasteiger partial charge in [-0.25, -0.2) is 21.9 Å². The Morgan fingerprint density at radius 3 is 2.40 bits per heavy atom. The summed E-state index contributed by atoms with van der Waals surface area (Å²) in [5.41, 5.74) is -1.27. The zero-order valence-electron chi connectivity index (χ0n) is 11.0. The van der Waals surface area contributed by atoms with Gasteiger partial charge in [-0.15, -0.1) is 0 Å². The molecule has 0 spiro atoms. The molecule has 1 aromatic carbocycles. The third kappa shape index (κ3) is 3.51. The van der Waals surface area contributed by atoms with Gasteiger partial charge in [0.15, 0.2) is 11.6 Å². The first-order chi connectivity index (χ1) is 9.12. The maximum atomic E-state index is 13.0. The molecule has 112 valence electrons. The minimum atomic E-state index is -4.10. The third-order valence-electron chi connectivity index (χ3n) is 3.15. The largest absolute Gasteiger partial charge is 0.481 e. The second-order valence-electron chi connectivity index (χ2n) is 4.62. The summed E-state index contributed by atoms with van der Waals surface area (Å²) in [6, 6.07) is 2.15. The van der Waals surface area contributed by atoms with Crippen LogP contribution in [0.2, 0.25) is 0 Å². The topological polar surface area (TPSA) is 83.5 Å².